The Hall–Kier alpha value is -1.30. The molecule has 1 aliphatic heterocycles. The lowest BCUT2D eigenvalue weighted by molar-refractivity contribution is -0.154. The van der Waals surface area contributed by atoms with E-state index in [0.29, 0.717) is 18.4 Å². The van der Waals surface area contributed by atoms with E-state index in [1.54, 1.807) is 4.90 Å². The fraction of sp³-hybridized carbons (Fsp3) is 0.857. The van der Waals surface area contributed by atoms with Crippen LogP contribution in [0.2, 0.25) is 0 Å². The van der Waals surface area contributed by atoms with Gasteiger partial charge in [0.05, 0.1) is 13.2 Å². The van der Waals surface area contributed by atoms with Crippen LogP contribution in [-0.2, 0) is 9.53 Å². The van der Waals surface area contributed by atoms with Gasteiger partial charge in [0.25, 0.3) is 0 Å². The summed E-state index contributed by atoms with van der Waals surface area (Å²) < 4.78 is 5.12. The highest BCUT2D eigenvalue weighted by Gasteiger charge is 2.31. The number of hydrogen-bond donors (Lipinski definition) is 2. The van der Waals surface area contributed by atoms with Crippen LogP contribution in [0.15, 0.2) is 0 Å². The Morgan fingerprint density at radius 2 is 1.85 bits per heavy atom. The fourth-order valence-corrected chi connectivity index (χ4v) is 3.31. The summed E-state index contributed by atoms with van der Waals surface area (Å²) in [7, 11) is 0. The summed E-state index contributed by atoms with van der Waals surface area (Å²) >= 11 is 0. The van der Waals surface area contributed by atoms with Crippen LogP contribution in [0.4, 0.5) is 4.79 Å². The van der Waals surface area contributed by atoms with Gasteiger partial charge in [0.1, 0.15) is 0 Å². The maximum Gasteiger partial charge on any atom is 0.334 e. The molecule has 0 bridgehead atoms. The third-order valence-corrected chi connectivity index (χ3v) is 4.14. The molecule has 0 spiro atoms. The number of carboxylic acid groups (broad SMARTS) is 1. The van der Waals surface area contributed by atoms with Gasteiger partial charge in [-0.25, -0.2) is 9.59 Å². The van der Waals surface area contributed by atoms with Gasteiger partial charge in [-0.15, -0.1) is 0 Å². The zero-order valence-corrected chi connectivity index (χ0v) is 12.2. The van der Waals surface area contributed by atoms with E-state index < -0.39 is 12.1 Å². The highest BCUT2D eigenvalue weighted by molar-refractivity contribution is 5.77. The van der Waals surface area contributed by atoms with Gasteiger partial charge in [-0.1, -0.05) is 13.8 Å². The number of ether oxygens (including phenoxy) is 1. The molecule has 2 N–H and O–H groups in total. The van der Waals surface area contributed by atoms with Crippen LogP contribution in [0.3, 0.4) is 0 Å². The van der Waals surface area contributed by atoms with Crippen LogP contribution in [0, 0.1) is 11.8 Å². The molecule has 0 aromatic rings. The predicted octanol–water partition coefficient (Wildman–Crippen LogP) is 1.31. The molecule has 2 rings (SSSR count). The molecule has 6 nitrogen and oxygen atoms in total. The first-order chi connectivity index (χ1) is 9.45. The predicted molar refractivity (Wildman–Crippen MR) is 73.4 cm³/mol. The quantitative estimate of drug-likeness (QED) is 0.801. The zero-order valence-electron chi connectivity index (χ0n) is 12.2. The third-order valence-electron chi connectivity index (χ3n) is 4.14. The average Bonchev–Trinajstić information content (AvgIpc) is 2.37. The molecule has 0 aromatic heterocycles. The number of amides is 2. The van der Waals surface area contributed by atoms with Gasteiger partial charge in [-0.3, -0.25) is 0 Å². The highest BCUT2D eigenvalue weighted by Crippen LogP contribution is 2.28. The second-order valence-electron chi connectivity index (χ2n) is 6.21. The monoisotopic (exact) mass is 284 g/mol. The Bertz CT molecular complexity index is 364. The van der Waals surface area contributed by atoms with Crippen LogP contribution in [0.25, 0.3) is 0 Å². The first-order valence-corrected chi connectivity index (χ1v) is 7.35. The third kappa shape index (κ3) is 3.85. The van der Waals surface area contributed by atoms with E-state index in [4.69, 9.17) is 9.84 Å². The molecule has 114 valence electrons. The number of nitrogens with zero attached hydrogens (tertiary/aromatic N) is 1. The molecule has 0 radical (unpaired) electrons. The highest BCUT2D eigenvalue weighted by atomic mass is 16.5. The first kappa shape index (κ1) is 15.1. The summed E-state index contributed by atoms with van der Waals surface area (Å²) in [6.45, 7) is 5.28. The summed E-state index contributed by atoms with van der Waals surface area (Å²) in [6.07, 6.45) is 2.31. The molecule has 0 aromatic carbocycles. The second kappa shape index (κ2) is 6.43. The van der Waals surface area contributed by atoms with E-state index in [2.05, 4.69) is 19.2 Å². The number of nitrogens with one attached hydrogen (secondary N) is 1. The molecular formula is C14H24N2O4. The number of carbonyl (C=O) groups is 2. The number of carbonyl (C=O) groups excluding carboxylic acids is 1. The molecule has 3 unspecified atom stereocenters. The zero-order chi connectivity index (χ0) is 14.7. The Kier molecular flexibility index (Phi) is 4.86. The molecule has 20 heavy (non-hydrogen) atoms. The van der Waals surface area contributed by atoms with E-state index in [9.17, 15) is 9.59 Å². The Morgan fingerprint density at radius 3 is 2.45 bits per heavy atom. The van der Waals surface area contributed by atoms with Gasteiger partial charge >= 0.3 is 12.0 Å². The van der Waals surface area contributed by atoms with Crippen molar-refractivity contribution in [2.75, 3.05) is 19.7 Å². The molecule has 1 saturated carbocycles. The lowest BCUT2D eigenvalue weighted by Gasteiger charge is -2.35. The number of rotatable bonds is 2. The minimum atomic E-state index is -1.01. The van der Waals surface area contributed by atoms with Crippen LogP contribution in [0.1, 0.15) is 33.1 Å². The summed E-state index contributed by atoms with van der Waals surface area (Å²) in [4.78, 5) is 24.7. The van der Waals surface area contributed by atoms with Gasteiger partial charge in [-0.05, 0) is 31.1 Å². The van der Waals surface area contributed by atoms with Crippen molar-refractivity contribution in [2.45, 2.75) is 45.3 Å². The fourth-order valence-electron chi connectivity index (χ4n) is 3.31. The summed E-state index contributed by atoms with van der Waals surface area (Å²) in [5.74, 6) is 0.239. The number of morpholine rings is 1. The number of aliphatic carboxylic acids is 1. The van der Waals surface area contributed by atoms with Crippen molar-refractivity contribution >= 4 is 12.0 Å². The van der Waals surface area contributed by atoms with Crippen molar-refractivity contribution < 1.29 is 19.4 Å². The van der Waals surface area contributed by atoms with Crippen molar-refractivity contribution in [3.05, 3.63) is 0 Å². The van der Waals surface area contributed by atoms with Crippen molar-refractivity contribution in [2.24, 2.45) is 11.8 Å². The Labute approximate surface area is 119 Å². The van der Waals surface area contributed by atoms with Crippen molar-refractivity contribution in [1.82, 2.24) is 10.2 Å². The van der Waals surface area contributed by atoms with Crippen LogP contribution >= 0.6 is 0 Å². The molecule has 1 heterocycles. The molecule has 2 aliphatic rings. The minimum Gasteiger partial charge on any atom is -0.479 e. The number of carboxylic acids is 1. The molecule has 1 aliphatic carbocycles. The van der Waals surface area contributed by atoms with Crippen LogP contribution in [0.5, 0.6) is 0 Å². The van der Waals surface area contributed by atoms with Crippen molar-refractivity contribution in [3.8, 4) is 0 Å². The maximum absolute atomic E-state index is 12.2. The molecular weight excluding hydrogens is 260 g/mol. The second-order valence-corrected chi connectivity index (χ2v) is 6.21. The lowest BCUT2D eigenvalue weighted by Crippen LogP contribution is -2.54. The summed E-state index contributed by atoms with van der Waals surface area (Å²) in [5, 5.41) is 12.0. The average molecular weight is 284 g/mol. The Morgan fingerprint density at radius 1 is 1.20 bits per heavy atom. The number of hydrogen-bond acceptors (Lipinski definition) is 3. The minimum absolute atomic E-state index is 0.124. The SMILES string of the molecule is CC1CC(C)CC(NC(=O)N2CCOC(C(=O)O)C2)C1. The maximum atomic E-state index is 12.2. The molecule has 6 heteroatoms. The van der Waals surface area contributed by atoms with Crippen molar-refractivity contribution in [1.29, 1.82) is 0 Å². The van der Waals surface area contributed by atoms with Gasteiger partial charge in [0.2, 0.25) is 0 Å². The van der Waals surface area contributed by atoms with E-state index in [1.165, 1.54) is 6.42 Å². The van der Waals surface area contributed by atoms with Crippen LogP contribution in [-0.4, -0.2) is 53.8 Å². The summed E-state index contributed by atoms with van der Waals surface area (Å²) in [5.41, 5.74) is 0. The smallest absolute Gasteiger partial charge is 0.334 e. The normalized spacial score (nSPS) is 34.6. The topological polar surface area (TPSA) is 78.9 Å². The van der Waals surface area contributed by atoms with E-state index in [1.807, 2.05) is 0 Å². The molecule has 3 atom stereocenters. The number of urea groups is 1. The van der Waals surface area contributed by atoms with Crippen LogP contribution < -0.4 is 5.32 Å². The van der Waals surface area contributed by atoms with Gasteiger partial charge in [0.15, 0.2) is 6.10 Å². The molecule has 2 fully saturated rings. The molecule has 1 saturated heterocycles. The standard InChI is InChI=1S/C14H24N2O4/c1-9-5-10(2)7-11(6-9)15-14(19)16-3-4-20-12(8-16)13(17)18/h9-12H,3-8H2,1-2H3,(H,15,19)(H,17,18). The van der Waals surface area contributed by atoms with Crippen molar-refractivity contribution in [3.63, 3.8) is 0 Å². The molecule has 2 amide bonds. The van der Waals surface area contributed by atoms with Gasteiger partial charge < -0.3 is 20.1 Å². The largest absolute Gasteiger partial charge is 0.479 e. The lowest BCUT2D eigenvalue weighted by atomic mass is 9.80. The van der Waals surface area contributed by atoms with E-state index >= 15 is 0 Å². The van der Waals surface area contributed by atoms with E-state index in [-0.39, 0.29) is 25.2 Å². The Balaban J connectivity index is 1.86. The van der Waals surface area contributed by atoms with Gasteiger partial charge in [0, 0.05) is 12.6 Å². The van der Waals surface area contributed by atoms with E-state index in [0.717, 1.165) is 12.8 Å². The first-order valence-electron chi connectivity index (χ1n) is 7.35. The van der Waals surface area contributed by atoms with Gasteiger partial charge in [-0.2, -0.15) is 0 Å². The summed E-state index contributed by atoms with van der Waals surface area (Å²) in [6, 6.07) is 0.0400.